The summed E-state index contributed by atoms with van der Waals surface area (Å²) in [5.41, 5.74) is 0.293. The van der Waals surface area contributed by atoms with E-state index >= 15 is 0 Å². The second-order valence-electron chi connectivity index (χ2n) is 5.71. The van der Waals surface area contributed by atoms with E-state index in [1.807, 2.05) is 0 Å². The largest absolute Gasteiger partial charge is 0.311 e. The highest BCUT2D eigenvalue weighted by Crippen LogP contribution is 2.06. The molecule has 2 nitrogen and oxygen atoms in total. The molecule has 0 aromatic rings. The van der Waals surface area contributed by atoms with E-state index in [-0.39, 0.29) is 0 Å². The van der Waals surface area contributed by atoms with Gasteiger partial charge in [0.15, 0.2) is 0 Å². The Morgan fingerprint density at radius 2 is 1.41 bits per heavy atom. The predicted octanol–water partition coefficient (Wildman–Crippen LogP) is 3.67. The molecule has 2 heteroatoms. The van der Waals surface area contributed by atoms with Crippen LogP contribution >= 0.6 is 0 Å². The summed E-state index contributed by atoms with van der Waals surface area (Å²) < 4.78 is 0. The molecule has 0 radical (unpaired) electrons. The maximum absolute atomic E-state index is 3.65. The summed E-state index contributed by atoms with van der Waals surface area (Å²) in [7, 11) is 0. The highest BCUT2D eigenvalue weighted by atomic mass is 15.1. The molecule has 0 amide bonds. The zero-order valence-corrected chi connectivity index (χ0v) is 12.8. The summed E-state index contributed by atoms with van der Waals surface area (Å²) in [4.78, 5) is 2.62. The van der Waals surface area contributed by atoms with Crippen molar-refractivity contribution in [3.63, 3.8) is 0 Å². The Bertz CT molecular complexity index is 158. The molecule has 104 valence electrons. The maximum atomic E-state index is 3.65. The molecule has 0 unspecified atom stereocenters. The molecule has 17 heavy (non-hydrogen) atoms. The summed E-state index contributed by atoms with van der Waals surface area (Å²) in [5.74, 6) is 0. The van der Waals surface area contributed by atoms with Crippen LogP contribution in [0.4, 0.5) is 0 Å². The van der Waals surface area contributed by atoms with Crippen molar-refractivity contribution < 1.29 is 0 Å². The van der Waals surface area contributed by atoms with Crippen LogP contribution in [0.2, 0.25) is 0 Å². The molecule has 0 fully saturated rings. The molecule has 0 aliphatic rings. The van der Waals surface area contributed by atoms with Crippen molar-refractivity contribution in [3.05, 3.63) is 0 Å². The van der Waals surface area contributed by atoms with Gasteiger partial charge in [0, 0.05) is 18.6 Å². The molecule has 0 saturated heterocycles. The van der Waals surface area contributed by atoms with Crippen LogP contribution in [0, 0.1) is 0 Å². The zero-order valence-electron chi connectivity index (χ0n) is 12.8. The quantitative estimate of drug-likeness (QED) is 0.595. The molecule has 0 saturated carbocycles. The third-order valence-corrected chi connectivity index (χ3v) is 3.57. The third-order valence-electron chi connectivity index (χ3n) is 3.57. The minimum atomic E-state index is 0.293. The van der Waals surface area contributed by atoms with Gasteiger partial charge in [-0.2, -0.15) is 0 Å². The summed E-state index contributed by atoms with van der Waals surface area (Å²) >= 11 is 0. The number of unbranched alkanes of at least 4 members (excludes halogenated alkanes) is 2. The fourth-order valence-electron chi connectivity index (χ4n) is 1.78. The van der Waals surface area contributed by atoms with Gasteiger partial charge in [-0.25, -0.2) is 0 Å². The molecular weight excluding hydrogens is 208 g/mol. The Kier molecular flexibility index (Phi) is 9.85. The standard InChI is InChI=1S/C15H34N2/c1-6-9-12-17(13-10-7-2)14-11-16-15(4,5)8-3/h16H,6-14H2,1-5H3. The highest BCUT2D eigenvalue weighted by Gasteiger charge is 2.13. The molecule has 0 atom stereocenters. The number of rotatable bonds is 11. The first-order chi connectivity index (χ1) is 8.05. The van der Waals surface area contributed by atoms with Gasteiger partial charge in [-0.05, 0) is 46.2 Å². The number of hydrogen-bond acceptors (Lipinski definition) is 2. The van der Waals surface area contributed by atoms with E-state index in [2.05, 4.69) is 44.8 Å². The molecule has 0 aromatic heterocycles. The van der Waals surface area contributed by atoms with E-state index in [9.17, 15) is 0 Å². The van der Waals surface area contributed by atoms with Gasteiger partial charge < -0.3 is 10.2 Å². The molecule has 0 aromatic carbocycles. The van der Waals surface area contributed by atoms with Crippen LogP contribution in [0.3, 0.4) is 0 Å². The predicted molar refractivity (Wildman–Crippen MR) is 78.6 cm³/mol. The lowest BCUT2D eigenvalue weighted by molar-refractivity contribution is 0.249. The van der Waals surface area contributed by atoms with E-state index in [0.717, 1.165) is 6.54 Å². The third kappa shape index (κ3) is 9.61. The lowest BCUT2D eigenvalue weighted by Crippen LogP contribution is -2.43. The zero-order chi connectivity index (χ0) is 13.1. The summed E-state index contributed by atoms with van der Waals surface area (Å²) in [5, 5.41) is 3.65. The number of hydrogen-bond donors (Lipinski definition) is 1. The average molecular weight is 242 g/mol. The van der Waals surface area contributed by atoms with Crippen LogP contribution in [0.15, 0.2) is 0 Å². The molecule has 0 spiro atoms. The van der Waals surface area contributed by atoms with Gasteiger partial charge in [-0.1, -0.05) is 33.6 Å². The van der Waals surface area contributed by atoms with Crippen molar-refractivity contribution >= 4 is 0 Å². The van der Waals surface area contributed by atoms with E-state index in [1.165, 1.54) is 51.7 Å². The van der Waals surface area contributed by atoms with Gasteiger partial charge in [0.1, 0.15) is 0 Å². The smallest absolute Gasteiger partial charge is 0.0123 e. The SMILES string of the molecule is CCCCN(CCCC)CCNC(C)(C)CC. The Morgan fingerprint density at radius 3 is 1.82 bits per heavy atom. The van der Waals surface area contributed by atoms with Gasteiger partial charge in [0.2, 0.25) is 0 Å². The second-order valence-corrected chi connectivity index (χ2v) is 5.71. The van der Waals surface area contributed by atoms with Crippen LogP contribution in [0.1, 0.15) is 66.7 Å². The Morgan fingerprint density at radius 1 is 0.882 bits per heavy atom. The second kappa shape index (κ2) is 9.90. The van der Waals surface area contributed by atoms with Crippen molar-refractivity contribution in [1.82, 2.24) is 10.2 Å². The molecule has 0 bridgehead atoms. The topological polar surface area (TPSA) is 15.3 Å². The van der Waals surface area contributed by atoms with Crippen molar-refractivity contribution in [2.45, 2.75) is 72.3 Å². The van der Waals surface area contributed by atoms with Crippen LogP contribution in [0.25, 0.3) is 0 Å². The Balaban J connectivity index is 3.81. The van der Waals surface area contributed by atoms with Crippen LogP contribution in [-0.4, -0.2) is 36.6 Å². The Labute approximate surface area is 109 Å². The average Bonchev–Trinajstić information content (AvgIpc) is 2.31. The first kappa shape index (κ1) is 16.9. The van der Waals surface area contributed by atoms with Gasteiger partial charge in [-0.3, -0.25) is 0 Å². The van der Waals surface area contributed by atoms with Crippen LogP contribution in [0.5, 0.6) is 0 Å². The van der Waals surface area contributed by atoms with Gasteiger partial charge in [0.05, 0.1) is 0 Å². The summed E-state index contributed by atoms with van der Waals surface area (Å²) in [6.07, 6.45) is 6.46. The fourth-order valence-corrected chi connectivity index (χ4v) is 1.78. The first-order valence-electron chi connectivity index (χ1n) is 7.53. The normalized spacial score (nSPS) is 12.4. The van der Waals surface area contributed by atoms with E-state index in [0.29, 0.717) is 5.54 Å². The van der Waals surface area contributed by atoms with Crippen molar-refractivity contribution in [2.24, 2.45) is 0 Å². The fraction of sp³-hybridized carbons (Fsp3) is 1.00. The van der Waals surface area contributed by atoms with Crippen LogP contribution < -0.4 is 5.32 Å². The number of nitrogens with zero attached hydrogens (tertiary/aromatic N) is 1. The van der Waals surface area contributed by atoms with E-state index in [1.54, 1.807) is 0 Å². The minimum absolute atomic E-state index is 0.293. The highest BCUT2D eigenvalue weighted by molar-refractivity contribution is 4.75. The monoisotopic (exact) mass is 242 g/mol. The first-order valence-corrected chi connectivity index (χ1v) is 7.53. The van der Waals surface area contributed by atoms with Gasteiger partial charge >= 0.3 is 0 Å². The van der Waals surface area contributed by atoms with Gasteiger partial charge in [-0.15, -0.1) is 0 Å². The minimum Gasteiger partial charge on any atom is -0.311 e. The molecule has 0 heterocycles. The summed E-state index contributed by atoms with van der Waals surface area (Å²) in [6.45, 7) is 16.2. The lowest BCUT2D eigenvalue weighted by atomic mass is 10.0. The van der Waals surface area contributed by atoms with Crippen molar-refractivity contribution in [2.75, 3.05) is 26.2 Å². The molecule has 0 rings (SSSR count). The maximum Gasteiger partial charge on any atom is 0.0123 e. The van der Waals surface area contributed by atoms with E-state index < -0.39 is 0 Å². The summed E-state index contributed by atoms with van der Waals surface area (Å²) in [6, 6.07) is 0. The number of nitrogens with one attached hydrogen (secondary N) is 1. The van der Waals surface area contributed by atoms with Crippen LogP contribution in [-0.2, 0) is 0 Å². The molecular formula is C15H34N2. The molecule has 1 N–H and O–H groups in total. The molecule has 0 aliphatic carbocycles. The molecule has 0 aliphatic heterocycles. The van der Waals surface area contributed by atoms with Gasteiger partial charge in [0.25, 0.3) is 0 Å². The lowest BCUT2D eigenvalue weighted by Gasteiger charge is -2.28. The van der Waals surface area contributed by atoms with Crippen molar-refractivity contribution in [1.29, 1.82) is 0 Å². The Hall–Kier alpha value is -0.0800. The van der Waals surface area contributed by atoms with E-state index in [4.69, 9.17) is 0 Å². The van der Waals surface area contributed by atoms with Crippen molar-refractivity contribution in [3.8, 4) is 0 Å².